The predicted molar refractivity (Wildman–Crippen MR) is 65.9 cm³/mol. The molecule has 7 heteroatoms. The largest absolute Gasteiger partial charge is 0.480 e. The van der Waals surface area contributed by atoms with Gasteiger partial charge in [0.1, 0.15) is 17.7 Å². The number of carbonyl (C=O) groups is 2. The molecule has 0 aromatic heterocycles. The van der Waals surface area contributed by atoms with Gasteiger partial charge in [0, 0.05) is 11.8 Å². The first-order valence-electron chi connectivity index (χ1n) is 5.56. The maximum absolute atomic E-state index is 13.5. The van der Waals surface area contributed by atoms with E-state index in [-0.39, 0.29) is 17.7 Å². The number of hydrogen-bond acceptors (Lipinski definition) is 3. The van der Waals surface area contributed by atoms with Crippen LogP contribution >= 0.6 is 11.8 Å². The van der Waals surface area contributed by atoms with Gasteiger partial charge in [-0.25, -0.2) is 13.6 Å². The molecule has 19 heavy (non-hydrogen) atoms. The van der Waals surface area contributed by atoms with Gasteiger partial charge in [-0.3, -0.25) is 4.79 Å². The lowest BCUT2D eigenvalue weighted by Gasteiger charge is -2.26. The summed E-state index contributed by atoms with van der Waals surface area (Å²) >= 11 is 1.16. The van der Waals surface area contributed by atoms with Crippen LogP contribution in [0.4, 0.5) is 8.78 Å². The number of rotatable bonds is 3. The van der Waals surface area contributed by atoms with Gasteiger partial charge in [0.2, 0.25) is 5.91 Å². The lowest BCUT2D eigenvalue weighted by molar-refractivity contribution is -0.141. The van der Waals surface area contributed by atoms with Gasteiger partial charge in [0.15, 0.2) is 0 Å². The molecule has 1 saturated heterocycles. The third-order valence-corrected chi connectivity index (χ3v) is 4.10. The third kappa shape index (κ3) is 3.23. The molecule has 1 heterocycles. The van der Waals surface area contributed by atoms with Crippen LogP contribution in [0, 0.1) is 11.6 Å². The molecule has 1 aliphatic rings. The number of carbonyl (C=O) groups excluding carboxylic acids is 1. The fraction of sp³-hybridized carbons (Fsp3) is 0.333. The second kappa shape index (κ2) is 5.56. The Labute approximate surface area is 112 Å². The Morgan fingerprint density at radius 3 is 2.79 bits per heavy atom. The smallest absolute Gasteiger partial charge is 0.327 e. The van der Waals surface area contributed by atoms with Crippen molar-refractivity contribution in [3.63, 3.8) is 0 Å². The number of carboxylic acid groups (broad SMARTS) is 1. The van der Waals surface area contributed by atoms with Crippen molar-refractivity contribution in [1.82, 2.24) is 5.32 Å². The summed E-state index contributed by atoms with van der Waals surface area (Å²) in [6, 6.07) is 2.28. The van der Waals surface area contributed by atoms with Crippen molar-refractivity contribution < 1.29 is 23.5 Å². The van der Waals surface area contributed by atoms with Crippen molar-refractivity contribution in [2.45, 2.75) is 17.7 Å². The number of amides is 1. The fourth-order valence-electron chi connectivity index (χ4n) is 1.77. The normalized spacial score (nSPS) is 22.9. The molecule has 0 bridgehead atoms. The summed E-state index contributed by atoms with van der Waals surface area (Å²) in [4.78, 5) is 22.4. The number of aliphatic carboxylic acids is 1. The van der Waals surface area contributed by atoms with Gasteiger partial charge < -0.3 is 10.4 Å². The first kappa shape index (κ1) is 13.8. The van der Waals surface area contributed by atoms with Crippen LogP contribution in [0.15, 0.2) is 18.2 Å². The highest BCUT2D eigenvalue weighted by Gasteiger charge is 2.32. The summed E-state index contributed by atoms with van der Waals surface area (Å²) < 4.78 is 26.2. The lowest BCUT2D eigenvalue weighted by Crippen LogP contribution is -2.51. The Hall–Kier alpha value is -1.63. The molecule has 0 radical (unpaired) electrons. The van der Waals surface area contributed by atoms with E-state index in [0.717, 1.165) is 23.9 Å². The zero-order valence-corrected chi connectivity index (χ0v) is 10.5. The van der Waals surface area contributed by atoms with Crippen LogP contribution in [-0.2, 0) is 16.0 Å². The van der Waals surface area contributed by atoms with E-state index in [2.05, 4.69) is 5.32 Å². The molecule has 1 aromatic rings. The summed E-state index contributed by atoms with van der Waals surface area (Å²) in [7, 11) is 0. The molecule has 1 aliphatic heterocycles. The fourth-order valence-corrected chi connectivity index (χ4v) is 2.93. The van der Waals surface area contributed by atoms with Gasteiger partial charge in [0.25, 0.3) is 0 Å². The minimum Gasteiger partial charge on any atom is -0.480 e. The Balaban J connectivity index is 2.04. The van der Waals surface area contributed by atoms with Gasteiger partial charge in [-0.2, -0.15) is 0 Å². The van der Waals surface area contributed by atoms with E-state index in [0.29, 0.717) is 0 Å². The molecule has 1 amide bonds. The number of carboxylic acids is 1. The number of benzene rings is 1. The van der Waals surface area contributed by atoms with E-state index in [1.54, 1.807) is 0 Å². The van der Waals surface area contributed by atoms with Crippen LogP contribution < -0.4 is 5.32 Å². The highest BCUT2D eigenvalue weighted by molar-refractivity contribution is 8.00. The van der Waals surface area contributed by atoms with Crippen molar-refractivity contribution >= 4 is 23.6 Å². The minimum atomic E-state index is -1.09. The van der Waals surface area contributed by atoms with Crippen molar-refractivity contribution in [1.29, 1.82) is 0 Å². The summed E-state index contributed by atoms with van der Waals surface area (Å²) in [6.07, 6.45) is 0.106. The SMILES string of the molecule is O=C(O)[C@@H]1CS[C@H](Cc2ccc(F)cc2F)C(=O)N1. The Morgan fingerprint density at radius 1 is 1.47 bits per heavy atom. The van der Waals surface area contributed by atoms with Gasteiger partial charge in [-0.15, -0.1) is 11.8 Å². The highest BCUT2D eigenvalue weighted by Crippen LogP contribution is 2.23. The second-order valence-corrected chi connectivity index (χ2v) is 5.40. The molecule has 0 saturated carbocycles. The van der Waals surface area contributed by atoms with Gasteiger partial charge in [0.05, 0.1) is 5.25 Å². The topological polar surface area (TPSA) is 66.4 Å². The zero-order valence-electron chi connectivity index (χ0n) is 9.73. The Kier molecular flexibility index (Phi) is 4.04. The standard InChI is InChI=1S/C12H11F2NO3S/c13-7-2-1-6(8(14)4-7)3-10-11(16)15-9(5-19-10)12(17)18/h1-2,4,9-10H,3,5H2,(H,15,16)(H,17,18)/t9-,10+/m0/s1. The summed E-state index contributed by atoms with van der Waals surface area (Å²) in [5.74, 6) is -2.67. The Bertz CT molecular complexity index is 524. The maximum Gasteiger partial charge on any atom is 0.327 e. The molecule has 1 fully saturated rings. The lowest BCUT2D eigenvalue weighted by atomic mass is 10.1. The first-order valence-corrected chi connectivity index (χ1v) is 6.61. The molecule has 0 aliphatic carbocycles. The zero-order chi connectivity index (χ0) is 14.0. The molecule has 2 atom stereocenters. The molecule has 1 aromatic carbocycles. The average Bonchev–Trinajstić information content (AvgIpc) is 2.34. The van der Waals surface area contributed by atoms with E-state index < -0.39 is 34.8 Å². The van der Waals surface area contributed by atoms with Crippen LogP contribution in [-0.4, -0.2) is 34.0 Å². The number of hydrogen-bond donors (Lipinski definition) is 2. The number of nitrogens with one attached hydrogen (secondary N) is 1. The highest BCUT2D eigenvalue weighted by atomic mass is 32.2. The summed E-state index contributed by atoms with van der Waals surface area (Å²) in [5, 5.41) is 10.6. The molecule has 2 rings (SSSR count). The van der Waals surface area contributed by atoms with Crippen LogP contribution in [0.25, 0.3) is 0 Å². The van der Waals surface area contributed by atoms with E-state index in [1.807, 2.05) is 0 Å². The van der Waals surface area contributed by atoms with Crippen molar-refractivity contribution in [3.05, 3.63) is 35.4 Å². The monoisotopic (exact) mass is 287 g/mol. The van der Waals surface area contributed by atoms with Crippen molar-refractivity contribution in [3.8, 4) is 0 Å². The third-order valence-electron chi connectivity index (χ3n) is 2.79. The predicted octanol–water partition coefficient (Wildman–Crippen LogP) is 1.19. The molecule has 4 nitrogen and oxygen atoms in total. The number of thioether (sulfide) groups is 1. The quantitative estimate of drug-likeness (QED) is 0.876. The molecular formula is C12H11F2NO3S. The van der Waals surface area contributed by atoms with Gasteiger partial charge in [-0.05, 0) is 18.1 Å². The maximum atomic E-state index is 13.5. The van der Waals surface area contributed by atoms with Crippen LogP contribution in [0.3, 0.4) is 0 Å². The Morgan fingerprint density at radius 2 is 2.21 bits per heavy atom. The van der Waals surface area contributed by atoms with E-state index in [4.69, 9.17) is 5.11 Å². The molecule has 0 spiro atoms. The van der Waals surface area contributed by atoms with E-state index >= 15 is 0 Å². The van der Waals surface area contributed by atoms with Crippen LogP contribution in [0.5, 0.6) is 0 Å². The molecule has 0 unspecified atom stereocenters. The van der Waals surface area contributed by atoms with E-state index in [9.17, 15) is 18.4 Å². The van der Waals surface area contributed by atoms with Crippen LogP contribution in [0.2, 0.25) is 0 Å². The van der Waals surface area contributed by atoms with E-state index in [1.165, 1.54) is 6.07 Å². The van der Waals surface area contributed by atoms with Gasteiger partial charge in [-0.1, -0.05) is 6.07 Å². The molecular weight excluding hydrogens is 276 g/mol. The minimum absolute atomic E-state index is 0.106. The van der Waals surface area contributed by atoms with Crippen molar-refractivity contribution in [2.75, 3.05) is 5.75 Å². The van der Waals surface area contributed by atoms with Crippen LogP contribution in [0.1, 0.15) is 5.56 Å². The molecule has 102 valence electrons. The molecule has 2 N–H and O–H groups in total. The van der Waals surface area contributed by atoms with Crippen molar-refractivity contribution in [2.24, 2.45) is 0 Å². The van der Waals surface area contributed by atoms with Gasteiger partial charge >= 0.3 is 5.97 Å². The number of halogens is 2. The average molecular weight is 287 g/mol. The first-order chi connectivity index (χ1) is 8.97. The second-order valence-electron chi connectivity index (χ2n) is 4.16. The summed E-state index contributed by atoms with van der Waals surface area (Å²) in [6.45, 7) is 0. The summed E-state index contributed by atoms with van der Waals surface area (Å²) in [5.41, 5.74) is 0.239.